The van der Waals surface area contributed by atoms with Gasteiger partial charge in [0.1, 0.15) is 0 Å². The first-order valence-corrected chi connectivity index (χ1v) is 8.56. The third kappa shape index (κ3) is 3.97. The van der Waals surface area contributed by atoms with E-state index < -0.39 is 0 Å². The lowest BCUT2D eigenvalue weighted by atomic mass is 9.72. The van der Waals surface area contributed by atoms with Gasteiger partial charge < -0.3 is 5.11 Å². The van der Waals surface area contributed by atoms with Crippen LogP contribution in [0.3, 0.4) is 0 Å². The Hall–Kier alpha value is -0.0400. The minimum atomic E-state index is 0.0190. The lowest BCUT2D eigenvalue weighted by Gasteiger charge is -2.35. The van der Waals surface area contributed by atoms with Crippen LogP contribution in [-0.2, 0) is 0 Å². The maximum Gasteiger partial charge on any atom is 0.0571 e. The van der Waals surface area contributed by atoms with Crippen LogP contribution in [0, 0.1) is 29.1 Å². The predicted octanol–water partition coefficient (Wildman–Crippen LogP) is 5.03. The van der Waals surface area contributed by atoms with Gasteiger partial charge in [-0.15, -0.1) is 0 Å². The van der Waals surface area contributed by atoms with Crippen molar-refractivity contribution in [3.8, 4) is 0 Å². The Balaban J connectivity index is 1.81. The van der Waals surface area contributed by atoms with E-state index >= 15 is 0 Å². The average Bonchev–Trinajstić information content (AvgIpc) is 2.72. The van der Waals surface area contributed by atoms with Crippen LogP contribution >= 0.6 is 0 Å². The zero-order valence-corrected chi connectivity index (χ0v) is 13.5. The highest BCUT2D eigenvalue weighted by Crippen LogP contribution is 2.49. The molecule has 19 heavy (non-hydrogen) atoms. The zero-order valence-electron chi connectivity index (χ0n) is 13.5. The van der Waals surface area contributed by atoms with Gasteiger partial charge in [0.25, 0.3) is 0 Å². The van der Waals surface area contributed by atoms with Crippen molar-refractivity contribution in [3.63, 3.8) is 0 Å². The standard InChI is InChI=1S/C18H34O/c1-13(7-6-12-18(2,3)4)14-10-11-16-15(14)8-5-9-17(16)19/h13-17,19H,5-12H2,1-4H3/t13-,14+,15+,16+,17-/m0/s1. The normalized spacial score (nSPS) is 37.1. The van der Waals surface area contributed by atoms with Gasteiger partial charge in [0, 0.05) is 0 Å². The van der Waals surface area contributed by atoms with E-state index in [-0.39, 0.29) is 6.10 Å². The lowest BCUT2D eigenvalue weighted by Crippen LogP contribution is -2.32. The Bertz CT molecular complexity index is 278. The molecule has 0 amide bonds. The molecule has 112 valence electrons. The molecule has 0 aromatic carbocycles. The van der Waals surface area contributed by atoms with Crippen LogP contribution in [-0.4, -0.2) is 11.2 Å². The summed E-state index contributed by atoms with van der Waals surface area (Å²) in [6.07, 6.45) is 10.5. The molecule has 0 spiro atoms. The van der Waals surface area contributed by atoms with Gasteiger partial charge in [-0.25, -0.2) is 0 Å². The molecule has 0 unspecified atom stereocenters. The molecule has 0 saturated heterocycles. The Morgan fingerprint density at radius 1 is 1.05 bits per heavy atom. The fourth-order valence-electron chi connectivity index (χ4n) is 4.69. The molecule has 2 fully saturated rings. The quantitative estimate of drug-likeness (QED) is 0.757. The largest absolute Gasteiger partial charge is 0.393 e. The summed E-state index contributed by atoms with van der Waals surface area (Å²) in [5.41, 5.74) is 0.485. The summed E-state index contributed by atoms with van der Waals surface area (Å²) in [6, 6.07) is 0. The van der Waals surface area contributed by atoms with Crippen LogP contribution in [0.5, 0.6) is 0 Å². The number of hydrogen-bond acceptors (Lipinski definition) is 1. The second-order valence-corrected chi connectivity index (χ2v) is 8.50. The van der Waals surface area contributed by atoms with E-state index in [1.54, 1.807) is 0 Å². The highest BCUT2D eigenvalue weighted by Gasteiger charge is 2.43. The molecule has 2 saturated carbocycles. The summed E-state index contributed by atoms with van der Waals surface area (Å²) in [7, 11) is 0. The first-order valence-electron chi connectivity index (χ1n) is 8.56. The highest BCUT2D eigenvalue weighted by atomic mass is 16.3. The Labute approximate surface area is 120 Å². The molecule has 5 atom stereocenters. The predicted molar refractivity (Wildman–Crippen MR) is 82.0 cm³/mol. The number of aliphatic hydroxyl groups is 1. The van der Waals surface area contributed by atoms with Crippen molar-refractivity contribution in [2.24, 2.45) is 29.1 Å². The molecule has 0 aromatic rings. The zero-order chi connectivity index (χ0) is 14.0. The van der Waals surface area contributed by atoms with E-state index in [2.05, 4.69) is 27.7 Å². The van der Waals surface area contributed by atoms with Gasteiger partial charge in [-0.3, -0.25) is 0 Å². The summed E-state index contributed by atoms with van der Waals surface area (Å²) >= 11 is 0. The second kappa shape index (κ2) is 6.16. The molecule has 2 aliphatic rings. The van der Waals surface area contributed by atoms with Crippen LogP contribution in [0.2, 0.25) is 0 Å². The maximum absolute atomic E-state index is 10.2. The molecule has 2 rings (SSSR count). The fraction of sp³-hybridized carbons (Fsp3) is 1.00. The van der Waals surface area contributed by atoms with E-state index in [4.69, 9.17) is 0 Å². The molecule has 0 heterocycles. The third-order valence-electron chi connectivity index (χ3n) is 5.78. The Morgan fingerprint density at radius 2 is 1.79 bits per heavy atom. The van der Waals surface area contributed by atoms with Crippen LogP contribution in [0.1, 0.15) is 79.1 Å². The van der Waals surface area contributed by atoms with Crippen molar-refractivity contribution in [2.75, 3.05) is 0 Å². The summed E-state index contributed by atoms with van der Waals surface area (Å²) in [5, 5.41) is 10.2. The smallest absolute Gasteiger partial charge is 0.0571 e. The van der Waals surface area contributed by atoms with Crippen LogP contribution < -0.4 is 0 Å². The van der Waals surface area contributed by atoms with Crippen molar-refractivity contribution in [1.29, 1.82) is 0 Å². The monoisotopic (exact) mass is 266 g/mol. The summed E-state index contributed by atoms with van der Waals surface area (Å²) < 4.78 is 0. The lowest BCUT2D eigenvalue weighted by molar-refractivity contribution is 0.0308. The second-order valence-electron chi connectivity index (χ2n) is 8.50. The van der Waals surface area contributed by atoms with Crippen molar-refractivity contribution < 1.29 is 5.11 Å². The molecular formula is C18H34O. The topological polar surface area (TPSA) is 20.2 Å². The van der Waals surface area contributed by atoms with E-state index in [0.717, 1.165) is 24.2 Å². The molecule has 1 N–H and O–H groups in total. The number of hydrogen-bond donors (Lipinski definition) is 1. The molecule has 0 aliphatic heterocycles. The molecule has 2 aliphatic carbocycles. The SMILES string of the molecule is C[C@@H](CCCC(C)(C)C)[C@H]1CC[C@@H]2[C@@H]1CCC[C@@H]2O. The third-order valence-corrected chi connectivity index (χ3v) is 5.78. The van der Waals surface area contributed by atoms with Gasteiger partial charge in [0.15, 0.2) is 0 Å². The van der Waals surface area contributed by atoms with Gasteiger partial charge in [-0.2, -0.15) is 0 Å². The van der Waals surface area contributed by atoms with Gasteiger partial charge in [-0.1, -0.05) is 47.0 Å². The maximum atomic E-state index is 10.2. The highest BCUT2D eigenvalue weighted by molar-refractivity contribution is 4.93. The molecular weight excluding hydrogens is 232 g/mol. The number of aliphatic hydroxyl groups excluding tert-OH is 1. The van der Waals surface area contributed by atoms with Gasteiger partial charge in [-0.05, 0) is 61.2 Å². The van der Waals surface area contributed by atoms with Gasteiger partial charge >= 0.3 is 0 Å². The van der Waals surface area contributed by atoms with Crippen molar-refractivity contribution >= 4 is 0 Å². The van der Waals surface area contributed by atoms with Crippen molar-refractivity contribution in [3.05, 3.63) is 0 Å². The molecule has 0 radical (unpaired) electrons. The van der Waals surface area contributed by atoms with Gasteiger partial charge in [0.2, 0.25) is 0 Å². The first kappa shape index (κ1) is 15.4. The van der Waals surface area contributed by atoms with Gasteiger partial charge in [0.05, 0.1) is 6.10 Å². The minimum absolute atomic E-state index is 0.0190. The molecule has 0 bridgehead atoms. The summed E-state index contributed by atoms with van der Waals surface area (Å²) in [4.78, 5) is 0. The summed E-state index contributed by atoms with van der Waals surface area (Å²) in [5.74, 6) is 3.25. The first-order chi connectivity index (χ1) is 8.88. The Morgan fingerprint density at radius 3 is 2.47 bits per heavy atom. The Kier molecular flexibility index (Phi) is 4.98. The van der Waals surface area contributed by atoms with E-state index in [9.17, 15) is 5.11 Å². The average molecular weight is 266 g/mol. The van der Waals surface area contributed by atoms with E-state index in [1.807, 2.05) is 0 Å². The van der Waals surface area contributed by atoms with E-state index in [0.29, 0.717) is 11.3 Å². The van der Waals surface area contributed by atoms with E-state index in [1.165, 1.54) is 44.9 Å². The molecule has 1 nitrogen and oxygen atoms in total. The molecule has 1 heteroatoms. The minimum Gasteiger partial charge on any atom is -0.393 e. The fourth-order valence-corrected chi connectivity index (χ4v) is 4.69. The van der Waals surface area contributed by atoms with Crippen LogP contribution in [0.4, 0.5) is 0 Å². The summed E-state index contributed by atoms with van der Waals surface area (Å²) in [6.45, 7) is 9.51. The van der Waals surface area contributed by atoms with Crippen molar-refractivity contribution in [2.45, 2.75) is 85.2 Å². The number of fused-ring (bicyclic) bond motifs is 1. The van der Waals surface area contributed by atoms with Crippen LogP contribution in [0.25, 0.3) is 0 Å². The molecule has 0 aromatic heterocycles. The number of rotatable bonds is 4. The van der Waals surface area contributed by atoms with Crippen LogP contribution in [0.15, 0.2) is 0 Å². The van der Waals surface area contributed by atoms with Crippen molar-refractivity contribution in [1.82, 2.24) is 0 Å².